The molecule has 0 saturated heterocycles. The second-order valence-electron chi connectivity index (χ2n) is 7.34. The average Bonchev–Trinajstić information content (AvgIpc) is 3.54. The van der Waals surface area contributed by atoms with Crippen molar-refractivity contribution >= 4 is 28.3 Å². The van der Waals surface area contributed by atoms with Crippen molar-refractivity contribution in [1.29, 1.82) is 0 Å². The van der Waals surface area contributed by atoms with Crippen LogP contribution in [-0.2, 0) is 11.3 Å². The van der Waals surface area contributed by atoms with Gasteiger partial charge in [-0.3, -0.25) is 4.79 Å². The van der Waals surface area contributed by atoms with Crippen molar-refractivity contribution < 1.29 is 9.18 Å². The predicted molar refractivity (Wildman–Crippen MR) is 121 cm³/mol. The number of aromatic nitrogens is 5. The Morgan fingerprint density at radius 3 is 2.88 bits per heavy atom. The second-order valence-corrected chi connectivity index (χ2v) is 8.28. The van der Waals surface area contributed by atoms with E-state index in [1.807, 2.05) is 30.6 Å². The number of benzene rings is 1. The lowest BCUT2D eigenvalue weighted by Gasteiger charge is -2.21. The van der Waals surface area contributed by atoms with Crippen LogP contribution in [0.5, 0.6) is 0 Å². The largest absolute Gasteiger partial charge is 0.347 e. The number of nitrogens with zero attached hydrogens (tertiary/aromatic N) is 4. The number of hydrogen-bond donors (Lipinski definition) is 2. The van der Waals surface area contributed by atoms with Gasteiger partial charge in [-0.2, -0.15) is 0 Å². The average molecular weight is 447 g/mol. The van der Waals surface area contributed by atoms with Crippen LogP contribution >= 0.6 is 11.3 Å². The van der Waals surface area contributed by atoms with E-state index in [1.54, 1.807) is 35.4 Å². The zero-order valence-corrected chi connectivity index (χ0v) is 17.9. The molecule has 0 saturated carbocycles. The number of halogens is 1. The van der Waals surface area contributed by atoms with Crippen LogP contribution in [0.2, 0.25) is 0 Å². The van der Waals surface area contributed by atoms with Gasteiger partial charge in [0.25, 0.3) is 0 Å². The number of rotatable bonds is 6. The molecule has 5 aromatic rings. The minimum absolute atomic E-state index is 0.233. The zero-order chi connectivity index (χ0) is 22.1. The fourth-order valence-corrected chi connectivity index (χ4v) is 4.44. The molecule has 7 nitrogen and oxygen atoms in total. The Labute approximate surface area is 187 Å². The van der Waals surface area contributed by atoms with Crippen LogP contribution < -0.4 is 5.32 Å². The van der Waals surface area contributed by atoms with Crippen LogP contribution in [0.25, 0.3) is 22.3 Å². The molecule has 32 heavy (non-hydrogen) atoms. The standard InChI is InChI=1S/C23H19FN6OS/c1-14-12-32-20(29-14)11-28-23(31)21(15-2-4-16(24)5-3-15)30-13-25-10-19(30)17-6-8-26-22-18(17)7-9-27-22/h2-10,12-13,21H,11H2,1H3,(H,26,27)(H,28,31). The van der Waals surface area contributed by atoms with Gasteiger partial charge >= 0.3 is 0 Å². The molecule has 0 radical (unpaired) electrons. The second kappa shape index (κ2) is 8.35. The third-order valence-corrected chi connectivity index (χ3v) is 6.16. The molecule has 0 aliphatic carbocycles. The minimum atomic E-state index is -0.740. The summed E-state index contributed by atoms with van der Waals surface area (Å²) in [4.78, 5) is 29.6. The number of aromatic amines is 1. The summed E-state index contributed by atoms with van der Waals surface area (Å²) in [5.74, 6) is -0.594. The summed E-state index contributed by atoms with van der Waals surface area (Å²) in [6.07, 6.45) is 6.87. The van der Waals surface area contributed by atoms with Crippen molar-refractivity contribution in [2.24, 2.45) is 0 Å². The van der Waals surface area contributed by atoms with E-state index in [9.17, 15) is 9.18 Å². The lowest BCUT2D eigenvalue weighted by Crippen LogP contribution is -2.33. The van der Waals surface area contributed by atoms with Gasteiger partial charge in [-0.05, 0) is 36.8 Å². The van der Waals surface area contributed by atoms with Gasteiger partial charge in [0.1, 0.15) is 22.5 Å². The number of H-pyrrole nitrogens is 1. The van der Waals surface area contributed by atoms with Crippen LogP contribution in [0.3, 0.4) is 0 Å². The predicted octanol–water partition coefficient (Wildman–Crippen LogP) is 4.24. The first kappa shape index (κ1) is 20.1. The number of hydrogen-bond acceptors (Lipinski definition) is 5. The van der Waals surface area contributed by atoms with Crippen molar-refractivity contribution in [3.8, 4) is 11.3 Å². The molecule has 4 aromatic heterocycles. The lowest BCUT2D eigenvalue weighted by atomic mass is 10.0. The van der Waals surface area contributed by atoms with Gasteiger partial charge in [0.2, 0.25) is 5.91 Å². The molecule has 4 heterocycles. The number of carbonyl (C=O) groups is 1. The monoisotopic (exact) mass is 446 g/mol. The summed E-state index contributed by atoms with van der Waals surface area (Å²) in [5, 5.41) is 6.66. The topological polar surface area (TPSA) is 88.5 Å². The van der Waals surface area contributed by atoms with Crippen LogP contribution in [0.1, 0.15) is 22.3 Å². The summed E-state index contributed by atoms with van der Waals surface area (Å²) in [6, 6.07) is 9.04. The van der Waals surface area contributed by atoms with Gasteiger partial charge in [0.05, 0.1) is 24.8 Å². The van der Waals surface area contributed by atoms with Crippen LogP contribution in [-0.4, -0.2) is 30.4 Å². The summed E-state index contributed by atoms with van der Waals surface area (Å²) < 4.78 is 15.4. The fraction of sp³-hybridized carbons (Fsp3) is 0.130. The van der Waals surface area contributed by atoms with Gasteiger partial charge in [-0.25, -0.2) is 19.3 Å². The zero-order valence-electron chi connectivity index (χ0n) is 17.1. The van der Waals surface area contributed by atoms with Gasteiger partial charge in [-0.1, -0.05) is 12.1 Å². The van der Waals surface area contributed by atoms with Crippen molar-refractivity contribution in [2.45, 2.75) is 19.5 Å². The van der Waals surface area contributed by atoms with E-state index in [-0.39, 0.29) is 11.7 Å². The molecule has 9 heteroatoms. The third kappa shape index (κ3) is 3.78. The third-order valence-electron chi connectivity index (χ3n) is 5.19. The highest BCUT2D eigenvalue weighted by Crippen LogP contribution is 2.31. The summed E-state index contributed by atoms with van der Waals surface area (Å²) in [6.45, 7) is 2.23. The van der Waals surface area contributed by atoms with E-state index >= 15 is 0 Å². The van der Waals surface area contributed by atoms with Crippen LogP contribution in [0.4, 0.5) is 4.39 Å². The Morgan fingerprint density at radius 2 is 2.09 bits per heavy atom. The molecule has 1 unspecified atom stereocenters. The first-order chi connectivity index (χ1) is 15.6. The highest BCUT2D eigenvalue weighted by Gasteiger charge is 2.26. The Kier molecular flexibility index (Phi) is 5.24. The van der Waals surface area contributed by atoms with Crippen LogP contribution in [0.15, 0.2) is 66.7 Å². The Balaban J connectivity index is 1.55. The number of nitrogens with one attached hydrogen (secondary N) is 2. The number of thiazole rings is 1. The maximum absolute atomic E-state index is 13.6. The van der Waals surface area contributed by atoms with Gasteiger partial charge in [-0.15, -0.1) is 11.3 Å². The Hall–Kier alpha value is -3.85. The molecular weight excluding hydrogens is 427 g/mol. The maximum atomic E-state index is 13.6. The van der Waals surface area contributed by atoms with E-state index in [1.165, 1.54) is 23.5 Å². The molecule has 0 bridgehead atoms. The van der Waals surface area contributed by atoms with Crippen molar-refractivity contribution in [2.75, 3.05) is 0 Å². The molecule has 5 rings (SSSR count). The minimum Gasteiger partial charge on any atom is -0.347 e. The van der Waals surface area contributed by atoms with Crippen molar-refractivity contribution in [1.82, 2.24) is 29.8 Å². The molecule has 2 N–H and O–H groups in total. The molecule has 0 aliphatic heterocycles. The molecule has 1 aromatic carbocycles. The highest BCUT2D eigenvalue weighted by atomic mass is 32.1. The molecule has 1 atom stereocenters. The quantitative estimate of drug-likeness (QED) is 0.408. The van der Waals surface area contributed by atoms with Gasteiger partial charge < -0.3 is 14.9 Å². The fourth-order valence-electron chi connectivity index (χ4n) is 3.73. The molecular formula is C23H19FN6OS. The molecule has 0 spiro atoms. The molecule has 0 aliphatic rings. The van der Waals surface area contributed by atoms with Crippen LogP contribution in [0, 0.1) is 12.7 Å². The number of imidazole rings is 1. The Bertz CT molecular complexity index is 1390. The van der Waals surface area contributed by atoms with E-state index in [2.05, 4.69) is 25.3 Å². The molecule has 0 fully saturated rings. The van der Waals surface area contributed by atoms with E-state index < -0.39 is 6.04 Å². The summed E-state index contributed by atoms with van der Waals surface area (Å²) in [7, 11) is 0. The number of fused-ring (bicyclic) bond motifs is 1. The molecule has 1 amide bonds. The first-order valence-electron chi connectivity index (χ1n) is 9.98. The van der Waals surface area contributed by atoms with Gasteiger partial charge in [0, 0.05) is 34.4 Å². The number of carbonyl (C=O) groups excluding carboxylic acids is 1. The number of amides is 1. The van der Waals surface area contributed by atoms with Gasteiger partial charge in [0.15, 0.2) is 0 Å². The van der Waals surface area contributed by atoms with E-state index in [0.717, 1.165) is 33.0 Å². The SMILES string of the molecule is Cc1csc(CNC(=O)C(c2ccc(F)cc2)n2cncc2-c2ccnc3[nH]ccc23)n1. The van der Waals surface area contributed by atoms with Crippen molar-refractivity contribution in [3.63, 3.8) is 0 Å². The maximum Gasteiger partial charge on any atom is 0.248 e. The highest BCUT2D eigenvalue weighted by molar-refractivity contribution is 7.09. The normalized spacial score (nSPS) is 12.2. The van der Waals surface area contributed by atoms with E-state index in [0.29, 0.717) is 12.1 Å². The smallest absolute Gasteiger partial charge is 0.248 e. The summed E-state index contributed by atoms with van der Waals surface area (Å²) >= 11 is 1.50. The summed E-state index contributed by atoms with van der Waals surface area (Å²) in [5.41, 5.74) is 3.96. The van der Waals surface area contributed by atoms with Crippen molar-refractivity contribution in [3.05, 3.63) is 88.8 Å². The first-order valence-corrected chi connectivity index (χ1v) is 10.9. The number of pyridine rings is 1. The number of aryl methyl sites for hydroxylation is 1. The Morgan fingerprint density at radius 1 is 1.25 bits per heavy atom. The lowest BCUT2D eigenvalue weighted by molar-refractivity contribution is -0.123. The van der Waals surface area contributed by atoms with E-state index in [4.69, 9.17) is 0 Å². The molecule has 160 valence electrons.